The van der Waals surface area contributed by atoms with E-state index in [-0.39, 0.29) is 11.8 Å². The summed E-state index contributed by atoms with van der Waals surface area (Å²) in [5, 5.41) is 6.76. The molecule has 0 aliphatic carbocycles. The highest BCUT2D eigenvalue weighted by Crippen LogP contribution is 2.26. The lowest BCUT2D eigenvalue weighted by Gasteiger charge is -2.26. The molecule has 0 saturated carbocycles. The first-order valence-electron chi connectivity index (χ1n) is 7.53. The molecule has 0 spiro atoms. The second-order valence-corrected chi connectivity index (χ2v) is 5.74. The van der Waals surface area contributed by atoms with Gasteiger partial charge in [0.05, 0.1) is 13.2 Å². The van der Waals surface area contributed by atoms with Crippen molar-refractivity contribution in [3.8, 4) is 11.5 Å². The van der Waals surface area contributed by atoms with Gasteiger partial charge in [-0.25, -0.2) is 0 Å². The minimum Gasteiger partial charge on any atom is -0.497 e. The predicted octanol–water partition coefficient (Wildman–Crippen LogP) is 3.86. The van der Waals surface area contributed by atoms with Crippen LogP contribution in [0.1, 0.15) is 17.2 Å². The average molecular weight is 362 g/mol. The fraction of sp³-hybridized carbons (Fsp3) is 0.167. The molecule has 130 valence electrons. The van der Waals surface area contributed by atoms with Crippen LogP contribution in [0.5, 0.6) is 11.5 Å². The minimum absolute atomic E-state index is 0.120. The summed E-state index contributed by atoms with van der Waals surface area (Å²) in [5.74, 6) is 0.890. The molecule has 3 rings (SSSR count). The van der Waals surface area contributed by atoms with E-state index in [9.17, 15) is 8.78 Å². The molecule has 0 fully saturated rings. The van der Waals surface area contributed by atoms with Crippen molar-refractivity contribution in [3.63, 3.8) is 0 Å². The number of ether oxygens (including phenoxy) is 2. The molecule has 1 aliphatic rings. The number of hydrogen-bond acceptors (Lipinski definition) is 3. The molecule has 1 atom stereocenters. The lowest BCUT2D eigenvalue weighted by molar-refractivity contribution is -0.0498. The molecule has 1 unspecified atom stereocenters. The van der Waals surface area contributed by atoms with E-state index in [2.05, 4.69) is 15.4 Å². The van der Waals surface area contributed by atoms with Crippen molar-refractivity contribution < 1.29 is 18.3 Å². The standard InChI is InChI=1S/C18H16F2N2O2S/c1-23-13-6-2-11(3-7-13)15-10-16(22-18(25)21-15)12-4-8-14(9-5-12)24-17(19)20/h2-10,16-17H,1H3,(H2,21,22,25). The first-order chi connectivity index (χ1) is 12.0. The summed E-state index contributed by atoms with van der Waals surface area (Å²) >= 11 is 5.28. The summed E-state index contributed by atoms with van der Waals surface area (Å²) in [7, 11) is 1.61. The van der Waals surface area contributed by atoms with Gasteiger partial charge < -0.3 is 20.1 Å². The zero-order valence-electron chi connectivity index (χ0n) is 13.3. The van der Waals surface area contributed by atoms with Crippen molar-refractivity contribution in [1.29, 1.82) is 0 Å². The monoisotopic (exact) mass is 362 g/mol. The van der Waals surface area contributed by atoms with Gasteiger partial charge in [0.15, 0.2) is 5.11 Å². The summed E-state index contributed by atoms with van der Waals surface area (Å²) in [5.41, 5.74) is 2.72. The number of hydrogen-bond donors (Lipinski definition) is 2. The smallest absolute Gasteiger partial charge is 0.387 e. The van der Waals surface area contributed by atoms with Crippen LogP contribution in [0.3, 0.4) is 0 Å². The molecule has 4 nitrogen and oxygen atoms in total. The van der Waals surface area contributed by atoms with Crippen LogP contribution in [0.25, 0.3) is 5.70 Å². The molecular weight excluding hydrogens is 346 g/mol. The van der Waals surface area contributed by atoms with E-state index in [1.165, 1.54) is 12.1 Å². The summed E-state index contributed by atoms with van der Waals surface area (Å²) in [6.07, 6.45) is 1.99. The Morgan fingerprint density at radius 3 is 2.24 bits per heavy atom. The van der Waals surface area contributed by atoms with E-state index in [0.29, 0.717) is 5.11 Å². The molecule has 1 heterocycles. The van der Waals surface area contributed by atoms with E-state index < -0.39 is 6.61 Å². The van der Waals surface area contributed by atoms with Crippen LogP contribution in [0.15, 0.2) is 54.6 Å². The summed E-state index contributed by atoms with van der Waals surface area (Å²) < 4.78 is 34.0. The molecule has 2 aromatic rings. The van der Waals surface area contributed by atoms with Crippen LogP contribution >= 0.6 is 12.2 Å². The Labute approximate surface area is 149 Å². The maximum absolute atomic E-state index is 12.2. The second-order valence-electron chi connectivity index (χ2n) is 5.33. The Morgan fingerprint density at radius 2 is 1.64 bits per heavy atom. The van der Waals surface area contributed by atoms with Gasteiger partial charge in [-0.05, 0) is 65.8 Å². The van der Waals surface area contributed by atoms with Crippen molar-refractivity contribution >= 4 is 23.0 Å². The van der Waals surface area contributed by atoms with Gasteiger partial charge in [0.2, 0.25) is 0 Å². The van der Waals surface area contributed by atoms with Gasteiger partial charge in [-0.15, -0.1) is 0 Å². The predicted molar refractivity (Wildman–Crippen MR) is 95.7 cm³/mol. The maximum atomic E-state index is 12.2. The average Bonchev–Trinajstić information content (AvgIpc) is 2.61. The van der Waals surface area contributed by atoms with Crippen LogP contribution in [0, 0.1) is 0 Å². The largest absolute Gasteiger partial charge is 0.497 e. The molecule has 0 bridgehead atoms. The van der Waals surface area contributed by atoms with Gasteiger partial charge in [-0.3, -0.25) is 0 Å². The third-order valence-electron chi connectivity index (χ3n) is 3.73. The van der Waals surface area contributed by atoms with Crippen molar-refractivity contribution in [2.45, 2.75) is 12.7 Å². The first kappa shape index (κ1) is 17.2. The lowest BCUT2D eigenvalue weighted by Crippen LogP contribution is -2.40. The topological polar surface area (TPSA) is 42.5 Å². The Bertz CT molecular complexity index is 777. The highest BCUT2D eigenvalue weighted by molar-refractivity contribution is 7.80. The SMILES string of the molecule is COc1ccc(C2=CC(c3ccc(OC(F)F)cc3)NC(=S)N2)cc1. The Hall–Kier alpha value is -2.67. The van der Waals surface area contributed by atoms with Crippen LogP contribution < -0.4 is 20.1 Å². The van der Waals surface area contributed by atoms with Gasteiger partial charge in [0, 0.05) is 5.70 Å². The molecule has 0 radical (unpaired) electrons. The highest BCUT2D eigenvalue weighted by atomic mass is 32.1. The molecule has 0 saturated heterocycles. The van der Waals surface area contributed by atoms with E-state index in [4.69, 9.17) is 17.0 Å². The van der Waals surface area contributed by atoms with Gasteiger partial charge in [-0.2, -0.15) is 8.78 Å². The molecule has 1 aliphatic heterocycles. The molecular formula is C18H16F2N2O2S. The van der Waals surface area contributed by atoms with E-state index in [1.807, 2.05) is 30.3 Å². The Morgan fingerprint density at radius 1 is 1.00 bits per heavy atom. The van der Waals surface area contributed by atoms with E-state index in [0.717, 1.165) is 22.6 Å². The number of thiocarbonyl (C=S) groups is 1. The fourth-order valence-electron chi connectivity index (χ4n) is 2.52. The third kappa shape index (κ3) is 4.24. The molecule has 0 aromatic heterocycles. The first-order valence-corrected chi connectivity index (χ1v) is 7.94. The highest BCUT2D eigenvalue weighted by Gasteiger charge is 2.18. The molecule has 2 N–H and O–H groups in total. The molecule has 2 aromatic carbocycles. The summed E-state index contributed by atoms with van der Waals surface area (Å²) in [6.45, 7) is -2.84. The normalized spacial score (nSPS) is 16.7. The van der Waals surface area contributed by atoms with Gasteiger partial charge in [-0.1, -0.05) is 12.1 Å². The van der Waals surface area contributed by atoms with Gasteiger partial charge in [0.25, 0.3) is 0 Å². The number of nitrogens with one attached hydrogen (secondary N) is 2. The van der Waals surface area contributed by atoms with Crippen molar-refractivity contribution in [2.75, 3.05) is 7.11 Å². The van der Waals surface area contributed by atoms with Gasteiger partial charge in [0.1, 0.15) is 11.5 Å². The van der Waals surface area contributed by atoms with Crippen LogP contribution in [-0.4, -0.2) is 18.8 Å². The van der Waals surface area contributed by atoms with Crippen molar-refractivity contribution in [1.82, 2.24) is 10.6 Å². The number of methoxy groups -OCH3 is 1. The van der Waals surface area contributed by atoms with Crippen LogP contribution in [0.2, 0.25) is 0 Å². The van der Waals surface area contributed by atoms with E-state index in [1.54, 1.807) is 19.2 Å². The summed E-state index contributed by atoms with van der Waals surface area (Å²) in [6, 6.07) is 13.9. The number of benzene rings is 2. The van der Waals surface area contributed by atoms with Gasteiger partial charge >= 0.3 is 6.61 Å². The van der Waals surface area contributed by atoms with Crippen molar-refractivity contribution in [2.24, 2.45) is 0 Å². The maximum Gasteiger partial charge on any atom is 0.387 e. The number of rotatable bonds is 5. The van der Waals surface area contributed by atoms with E-state index >= 15 is 0 Å². The zero-order valence-corrected chi connectivity index (χ0v) is 14.1. The number of halogens is 2. The zero-order chi connectivity index (χ0) is 17.8. The van der Waals surface area contributed by atoms with Crippen LogP contribution in [0.4, 0.5) is 8.78 Å². The van der Waals surface area contributed by atoms with Crippen LogP contribution in [-0.2, 0) is 0 Å². The molecule has 7 heteroatoms. The summed E-state index contributed by atoms with van der Waals surface area (Å²) in [4.78, 5) is 0. The fourth-order valence-corrected chi connectivity index (χ4v) is 2.76. The Balaban J connectivity index is 1.84. The quantitative estimate of drug-likeness (QED) is 0.791. The van der Waals surface area contributed by atoms with Crippen molar-refractivity contribution in [3.05, 3.63) is 65.7 Å². The lowest BCUT2D eigenvalue weighted by atomic mass is 10.0. The second kappa shape index (κ2) is 7.48. The third-order valence-corrected chi connectivity index (χ3v) is 3.95. The minimum atomic E-state index is -2.84. The molecule has 25 heavy (non-hydrogen) atoms. The molecule has 0 amide bonds. The Kier molecular flexibility index (Phi) is 5.14. The number of alkyl halides is 2.